The molecule has 0 aliphatic carbocycles. The predicted octanol–water partition coefficient (Wildman–Crippen LogP) is 23.2. The van der Waals surface area contributed by atoms with Crippen LogP contribution in [0.5, 0.6) is 0 Å². The van der Waals surface area contributed by atoms with Gasteiger partial charge in [0, 0.05) is 12.8 Å². The number of quaternary nitrogens is 1. The molecule has 3 atom stereocenters. The Morgan fingerprint density at radius 2 is 0.719 bits per heavy atom. The molecule has 0 saturated carbocycles. The molecule has 89 heavy (non-hydrogen) atoms. The van der Waals surface area contributed by atoms with Gasteiger partial charge in [-0.2, -0.15) is 0 Å². The van der Waals surface area contributed by atoms with Crippen molar-refractivity contribution in [3.63, 3.8) is 0 Å². The lowest BCUT2D eigenvalue weighted by molar-refractivity contribution is -0.870. The summed E-state index contributed by atoms with van der Waals surface area (Å²) in [4.78, 5) is 40.3. The number of allylic oxidation sites excluding steroid dienone is 19. The number of rotatable bonds is 66. The standard InChI is InChI=1S/C79H139N2O7P/c1-7-10-13-16-19-22-25-28-30-32-34-36-38-40-42-44-46-48-50-53-56-59-62-65-68-71-78(82)80-76(75-87-89(84,85)86-74-73-81(4,5)6)77(70-67-64-61-58-55-52-27-24-21-18-15-12-9-3)88-79(83)72-69-66-63-60-57-54-51-49-47-45-43-41-39-37-35-33-31-29-26-23-20-17-14-11-8-2/h10,13,19-20,22-23,28-31,34-37,40-43,67,70,76-77H,7-9,11-12,14-18,21,24-27,32-33,38-39,44-66,68-69,71-75H2,1-6H3,(H-,80,82,84,85)/b13-10-,22-19-,23-20-,30-28-,31-29-,36-34-,37-35-,42-40-,43-41-,70-67+. The minimum absolute atomic E-state index is 0.0300. The fourth-order valence-corrected chi connectivity index (χ4v) is 11.0. The molecule has 0 radical (unpaired) electrons. The lowest BCUT2D eigenvalue weighted by atomic mass is 10.0. The molecule has 0 aromatic rings. The molecule has 3 unspecified atom stereocenters. The second-order valence-electron chi connectivity index (χ2n) is 25.7. The third-order valence-corrected chi connectivity index (χ3v) is 16.8. The summed E-state index contributed by atoms with van der Waals surface area (Å²) >= 11 is 0. The number of phosphoric ester groups is 1. The summed E-state index contributed by atoms with van der Waals surface area (Å²) in [6, 6.07) is -0.904. The van der Waals surface area contributed by atoms with E-state index in [0.717, 1.165) is 135 Å². The zero-order valence-corrected chi connectivity index (χ0v) is 59.5. The molecular formula is C79H139N2O7P. The lowest BCUT2D eigenvalue weighted by Gasteiger charge is -2.30. The van der Waals surface area contributed by atoms with Crippen molar-refractivity contribution in [2.75, 3.05) is 40.9 Å². The smallest absolute Gasteiger partial charge is 0.306 e. The van der Waals surface area contributed by atoms with Crippen molar-refractivity contribution in [1.29, 1.82) is 0 Å². The maximum atomic E-state index is 13.6. The number of hydrogen-bond donors (Lipinski definition) is 1. The van der Waals surface area contributed by atoms with Gasteiger partial charge in [-0.3, -0.25) is 14.2 Å². The molecule has 0 aromatic carbocycles. The highest BCUT2D eigenvalue weighted by Crippen LogP contribution is 2.38. The van der Waals surface area contributed by atoms with Gasteiger partial charge in [0.15, 0.2) is 0 Å². The van der Waals surface area contributed by atoms with Crippen LogP contribution in [0, 0.1) is 0 Å². The van der Waals surface area contributed by atoms with Gasteiger partial charge in [0.2, 0.25) is 5.91 Å². The van der Waals surface area contributed by atoms with E-state index in [2.05, 4.69) is 135 Å². The van der Waals surface area contributed by atoms with E-state index < -0.39 is 26.6 Å². The monoisotopic (exact) mass is 1260 g/mol. The number of esters is 1. The van der Waals surface area contributed by atoms with Crippen LogP contribution in [0.2, 0.25) is 0 Å². The topological polar surface area (TPSA) is 114 Å². The average Bonchev–Trinajstić information content (AvgIpc) is 3.67. The molecule has 512 valence electrons. The summed E-state index contributed by atoms with van der Waals surface area (Å²) in [5, 5.41) is 3.04. The molecular weight excluding hydrogens is 1120 g/mol. The molecule has 0 saturated heterocycles. The Kier molecular flexibility index (Phi) is 64.6. The molecule has 0 aliphatic heterocycles. The molecule has 1 amide bonds. The van der Waals surface area contributed by atoms with E-state index in [9.17, 15) is 19.0 Å². The Morgan fingerprint density at radius 3 is 1.10 bits per heavy atom. The Labute approximate surface area is 550 Å². The SMILES string of the molecule is CC/C=C\C/C=C\C/C=C\C/C=C\C/C=C\CCCCCCCCCCCC(=O)NC(COP(=O)([O-])OCC[N+](C)(C)C)C(/C=C/CCCCCCCCCCCCC)OC(=O)CCCCCCCCCCC/C=C\C/C=C\C/C=C\C/C=C\CCCCC. The number of unbranched alkanes of at least 4 members (excludes halogenated alkanes) is 32. The first kappa shape index (κ1) is 85.4. The highest BCUT2D eigenvalue weighted by Gasteiger charge is 2.27. The first-order chi connectivity index (χ1) is 43.4. The minimum Gasteiger partial charge on any atom is -0.756 e. The first-order valence-corrected chi connectivity index (χ1v) is 38.3. The van der Waals surface area contributed by atoms with Crippen LogP contribution >= 0.6 is 7.82 Å². The molecule has 10 heteroatoms. The Morgan fingerprint density at radius 1 is 0.404 bits per heavy atom. The van der Waals surface area contributed by atoms with Crippen molar-refractivity contribution < 1.29 is 37.3 Å². The van der Waals surface area contributed by atoms with Gasteiger partial charge in [-0.05, 0) is 122 Å². The summed E-state index contributed by atoms with van der Waals surface area (Å²) in [7, 11) is 1.17. The maximum Gasteiger partial charge on any atom is 0.306 e. The summed E-state index contributed by atoms with van der Waals surface area (Å²) in [6.45, 7) is 6.71. The number of carbonyl (C=O) groups excluding carboxylic acids is 2. The van der Waals surface area contributed by atoms with E-state index in [1.807, 2.05) is 33.3 Å². The Bertz CT molecular complexity index is 1940. The molecule has 0 aromatic heterocycles. The number of nitrogens with one attached hydrogen (secondary N) is 1. The maximum absolute atomic E-state index is 13.6. The van der Waals surface area contributed by atoms with Crippen LogP contribution in [-0.2, 0) is 27.9 Å². The van der Waals surface area contributed by atoms with Crippen LogP contribution in [0.15, 0.2) is 122 Å². The zero-order valence-electron chi connectivity index (χ0n) is 58.6. The average molecular weight is 1260 g/mol. The van der Waals surface area contributed by atoms with E-state index in [0.29, 0.717) is 17.4 Å². The quantitative estimate of drug-likeness (QED) is 0.0212. The second kappa shape index (κ2) is 67.3. The molecule has 0 aliphatic rings. The fraction of sp³-hybridized carbons (Fsp3) is 0.722. The summed E-state index contributed by atoms with van der Waals surface area (Å²) < 4.78 is 30.5. The zero-order chi connectivity index (χ0) is 64.9. The van der Waals surface area contributed by atoms with Crippen LogP contribution in [0.1, 0.15) is 316 Å². The lowest BCUT2D eigenvalue weighted by Crippen LogP contribution is -2.47. The van der Waals surface area contributed by atoms with Crippen molar-refractivity contribution in [2.24, 2.45) is 0 Å². The van der Waals surface area contributed by atoms with Gasteiger partial charge in [0.05, 0.1) is 33.8 Å². The molecule has 0 heterocycles. The number of carbonyl (C=O) groups is 2. The van der Waals surface area contributed by atoms with Gasteiger partial charge in [-0.25, -0.2) is 0 Å². The Hall–Kier alpha value is -3.59. The van der Waals surface area contributed by atoms with Gasteiger partial charge in [0.1, 0.15) is 19.3 Å². The number of likely N-dealkylation sites (N-methyl/N-ethyl adjacent to an activating group) is 1. The highest BCUT2D eigenvalue weighted by atomic mass is 31.2. The van der Waals surface area contributed by atoms with Crippen LogP contribution in [0.3, 0.4) is 0 Å². The van der Waals surface area contributed by atoms with E-state index >= 15 is 0 Å². The third-order valence-electron chi connectivity index (χ3n) is 15.9. The number of nitrogens with zero attached hydrogens (tertiary/aromatic N) is 1. The molecule has 0 rings (SSSR count). The molecule has 0 fully saturated rings. The molecule has 0 spiro atoms. The Balaban J connectivity index is 5.11. The third kappa shape index (κ3) is 68.6. The van der Waals surface area contributed by atoms with Crippen molar-refractivity contribution in [3.05, 3.63) is 122 Å². The van der Waals surface area contributed by atoms with Crippen LogP contribution in [0.25, 0.3) is 0 Å². The van der Waals surface area contributed by atoms with Crippen molar-refractivity contribution in [2.45, 2.75) is 328 Å². The second-order valence-corrected chi connectivity index (χ2v) is 27.1. The summed E-state index contributed by atoms with van der Waals surface area (Å²) in [5.74, 6) is -0.554. The number of ether oxygens (including phenoxy) is 1. The minimum atomic E-state index is -4.72. The van der Waals surface area contributed by atoms with E-state index in [4.69, 9.17) is 13.8 Å². The van der Waals surface area contributed by atoms with E-state index in [-0.39, 0.29) is 24.9 Å². The van der Waals surface area contributed by atoms with Gasteiger partial charge in [0.25, 0.3) is 7.82 Å². The highest BCUT2D eigenvalue weighted by molar-refractivity contribution is 7.45. The van der Waals surface area contributed by atoms with Crippen molar-refractivity contribution in [3.8, 4) is 0 Å². The predicted molar refractivity (Wildman–Crippen MR) is 385 cm³/mol. The number of amides is 1. The van der Waals surface area contributed by atoms with Gasteiger partial charge in [-0.1, -0.05) is 303 Å². The number of hydrogen-bond acceptors (Lipinski definition) is 7. The van der Waals surface area contributed by atoms with Crippen LogP contribution in [-0.4, -0.2) is 69.4 Å². The fourth-order valence-electron chi connectivity index (χ4n) is 10.2. The first-order valence-electron chi connectivity index (χ1n) is 36.8. The van der Waals surface area contributed by atoms with Gasteiger partial charge < -0.3 is 28.5 Å². The van der Waals surface area contributed by atoms with E-state index in [1.165, 1.54) is 148 Å². The molecule has 1 N–H and O–H groups in total. The summed E-state index contributed by atoms with van der Waals surface area (Å²) in [6.07, 6.45) is 94.6. The molecule has 9 nitrogen and oxygen atoms in total. The van der Waals surface area contributed by atoms with Gasteiger partial charge in [-0.15, -0.1) is 0 Å². The van der Waals surface area contributed by atoms with Gasteiger partial charge >= 0.3 is 5.97 Å². The van der Waals surface area contributed by atoms with Crippen molar-refractivity contribution in [1.82, 2.24) is 5.32 Å². The van der Waals surface area contributed by atoms with E-state index in [1.54, 1.807) is 0 Å². The van der Waals surface area contributed by atoms with Crippen LogP contribution < -0.4 is 10.2 Å². The van der Waals surface area contributed by atoms with Crippen LogP contribution in [0.4, 0.5) is 0 Å². The number of phosphoric acid groups is 1. The summed E-state index contributed by atoms with van der Waals surface area (Å²) in [5.41, 5.74) is 0. The normalized spacial score (nSPS) is 14.2. The van der Waals surface area contributed by atoms with Crippen molar-refractivity contribution >= 4 is 19.7 Å². The molecule has 0 bridgehead atoms. The largest absolute Gasteiger partial charge is 0.756 e.